The summed E-state index contributed by atoms with van der Waals surface area (Å²) in [5, 5.41) is 0. The number of halogens is 2. The van der Waals surface area contributed by atoms with Crippen molar-refractivity contribution >= 4 is 38.4 Å². The standard InChI is InChI=1S/C12H17BrN2O3S.ClH/c1-9-6-11(2-3-12(9)13)19(16,17)15-4-5-18-10(7-14)8-15;/h2-3,6,10H,4-5,7-8,14H2,1H3;1H. The van der Waals surface area contributed by atoms with Crippen molar-refractivity contribution in [2.75, 3.05) is 26.2 Å². The van der Waals surface area contributed by atoms with Gasteiger partial charge in [0, 0.05) is 24.1 Å². The van der Waals surface area contributed by atoms with Crippen LogP contribution in [0.25, 0.3) is 0 Å². The van der Waals surface area contributed by atoms with E-state index in [1.807, 2.05) is 6.92 Å². The van der Waals surface area contributed by atoms with Gasteiger partial charge in [0.2, 0.25) is 10.0 Å². The first-order valence-electron chi connectivity index (χ1n) is 6.03. The van der Waals surface area contributed by atoms with Crippen LogP contribution in [0.15, 0.2) is 27.6 Å². The van der Waals surface area contributed by atoms with Gasteiger partial charge in [0.1, 0.15) is 0 Å². The van der Waals surface area contributed by atoms with E-state index in [2.05, 4.69) is 15.9 Å². The highest BCUT2D eigenvalue weighted by Crippen LogP contribution is 2.23. The predicted molar refractivity (Wildman–Crippen MR) is 83.7 cm³/mol. The SMILES string of the molecule is Cc1cc(S(=O)(=O)N2CCOC(CN)C2)ccc1Br.Cl. The average Bonchev–Trinajstić information content (AvgIpc) is 2.41. The lowest BCUT2D eigenvalue weighted by molar-refractivity contribution is 0.00450. The van der Waals surface area contributed by atoms with Crippen LogP contribution < -0.4 is 5.73 Å². The summed E-state index contributed by atoms with van der Waals surface area (Å²) in [6.45, 7) is 3.26. The van der Waals surface area contributed by atoms with Crippen LogP contribution >= 0.6 is 28.3 Å². The Morgan fingerprint density at radius 3 is 2.80 bits per heavy atom. The van der Waals surface area contributed by atoms with Gasteiger partial charge in [0.15, 0.2) is 0 Å². The molecule has 1 heterocycles. The van der Waals surface area contributed by atoms with E-state index in [-0.39, 0.29) is 18.5 Å². The number of rotatable bonds is 3. The molecule has 0 amide bonds. The minimum Gasteiger partial charge on any atom is -0.374 e. The predicted octanol–water partition coefficient (Wildman–Crippen LogP) is 1.53. The number of aryl methyl sites for hydroxylation is 1. The van der Waals surface area contributed by atoms with Gasteiger partial charge in [-0.25, -0.2) is 8.42 Å². The summed E-state index contributed by atoms with van der Waals surface area (Å²) in [7, 11) is -3.47. The summed E-state index contributed by atoms with van der Waals surface area (Å²) in [5.74, 6) is 0. The van der Waals surface area contributed by atoms with Crippen LogP contribution in [-0.4, -0.2) is 45.1 Å². The van der Waals surface area contributed by atoms with E-state index < -0.39 is 10.0 Å². The molecular formula is C12H18BrClN2O3S. The van der Waals surface area contributed by atoms with Crippen LogP contribution in [0.3, 0.4) is 0 Å². The molecule has 1 aromatic carbocycles. The fourth-order valence-electron chi connectivity index (χ4n) is 1.98. The second-order valence-electron chi connectivity index (χ2n) is 4.50. The smallest absolute Gasteiger partial charge is 0.243 e. The summed E-state index contributed by atoms with van der Waals surface area (Å²) < 4.78 is 32.8. The van der Waals surface area contributed by atoms with Crippen LogP contribution in [0.2, 0.25) is 0 Å². The Bertz CT molecular complexity index is 568. The van der Waals surface area contributed by atoms with Crippen LogP contribution in [0.1, 0.15) is 5.56 Å². The second kappa shape index (κ2) is 7.20. The van der Waals surface area contributed by atoms with Crippen molar-refractivity contribution in [2.45, 2.75) is 17.9 Å². The minimum atomic E-state index is -3.47. The molecule has 20 heavy (non-hydrogen) atoms. The number of hydrogen-bond donors (Lipinski definition) is 1. The van der Waals surface area contributed by atoms with E-state index in [0.29, 0.717) is 31.1 Å². The number of ether oxygens (including phenoxy) is 1. The first-order valence-corrected chi connectivity index (χ1v) is 8.26. The van der Waals surface area contributed by atoms with Crippen molar-refractivity contribution < 1.29 is 13.2 Å². The maximum absolute atomic E-state index is 12.5. The highest BCUT2D eigenvalue weighted by molar-refractivity contribution is 9.10. The van der Waals surface area contributed by atoms with Crippen molar-refractivity contribution in [3.05, 3.63) is 28.2 Å². The fourth-order valence-corrected chi connectivity index (χ4v) is 3.77. The quantitative estimate of drug-likeness (QED) is 0.856. The van der Waals surface area contributed by atoms with Gasteiger partial charge in [0.25, 0.3) is 0 Å². The number of nitrogens with two attached hydrogens (primary N) is 1. The summed E-state index contributed by atoms with van der Waals surface area (Å²) in [6.07, 6.45) is -0.222. The van der Waals surface area contributed by atoms with E-state index in [1.165, 1.54) is 4.31 Å². The number of sulfonamides is 1. The Hall–Kier alpha value is -0.180. The summed E-state index contributed by atoms with van der Waals surface area (Å²) in [4.78, 5) is 0.311. The van der Waals surface area contributed by atoms with Crippen molar-refractivity contribution in [3.8, 4) is 0 Å². The number of hydrogen-bond acceptors (Lipinski definition) is 4. The van der Waals surface area contributed by atoms with Gasteiger partial charge in [-0.2, -0.15) is 4.31 Å². The summed E-state index contributed by atoms with van der Waals surface area (Å²) >= 11 is 3.37. The van der Waals surface area contributed by atoms with Gasteiger partial charge in [-0.3, -0.25) is 0 Å². The van der Waals surface area contributed by atoms with Crippen LogP contribution in [0.4, 0.5) is 0 Å². The Morgan fingerprint density at radius 2 is 2.20 bits per heavy atom. The van der Waals surface area contributed by atoms with Crippen molar-refractivity contribution in [2.24, 2.45) is 5.73 Å². The molecule has 8 heteroatoms. The normalized spacial score (nSPS) is 20.4. The highest BCUT2D eigenvalue weighted by atomic mass is 79.9. The van der Waals surface area contributed by atoms with E-state index in [0.717, 1.165) is 10.0 Å². The molecule has 0 spiro atoms. The lowest BCUT2D eigenvalue weighted by Crippen LogP contribution is -2.48. The van der Waals surface area contributed by atoms with Gasteiger partial charge in [0.05, 0.1) is 17.6 Å². The van der Waals surface area contributed by atoms with Crippen molar-refractivity contribution in [3.63, 3.8) is 0 Å². The molecule has 1 fully saturated rings. The van der Waals surface area contributed by atoms with Crippen LogP contribution in [-0.2, 0) is 14.8 Å². The zero-order chi connectivity index (χ0) is 14.0. The number of morpholine rings is 1. The molecule has 2 rings (SSSR count). The van der Waals surface area contributed by atoms with E-state index >= 15 is 0 Å². The zero-order valence-corrected chi connectivity index (χ0v) is 14.3. The molecule has 1 unspecified atom stereocenters. The maximum Gasteiger partial charge on any atom is 0.243 e. The van der Waals surface area contributed by atoms with E-state index in [9.17, 15) is 8.42 Å². The van der Waals surface area contributed by atoms with Crippen molar-refractivity contribution in [1.82, 2.24) is 4.31 Å². The average molecular weight is 386 g/mol. The molecule has 0 bridgehead atoms. The molecule has 0 saturated carbocycles. The molecule has 114 valence electrons. The Balaban J connectivity index is 0.00000200. The molecule has 1 aliphatic heterocycles. The topological polar surface area (TPSA) is 72.6 Å². The molecule has 5 nitrogen and oxygen atoms in total. The van der Waals surface area contributed by atoms with Gasteiger partial charge < -0.3 is 10.5 Å². The number of nitrogens with zero attached hydrogens (tertiary/aromatic N) is 1. The molecule has 0 radical (unpaired) electrons. The zero-order valence-electron chi connectivity index (χ0n) is 11.1. The fraction of sp³-hybridized carbons (Fsp3) is 0.500. The molecule has 1 aliphatic rings. The van der Waals surface area contributed by atoms with Gasteiger partial charge in [-0.05, 0) is 30.7 Å². The third-order valence-electron chi connectivity index (χ3n) is 3.13. The lowest BCUT2D eigenvalue weighted by Gasteiger charge is -2.31. The first kappa shape index (κ1) is 17.9. The van der Waals surface area contributed by atoms with Gasteiger partial charge in [-0.15, -0.1) is 12.4 Å². The summed E-state index contributed by atoms with van der Waals surface area (Å²) in [5.41, 5.74) is 6.43. The highest BCUT2D eigenvalue weighted by Gasteiger charge is 2.30. The largest absolute Gasteiger partial charge is 0.374 e. The minimum absolute atomic E-state index is 0. The summed E-state index contributed by atoms with van der Waals surface area (Å²) in [6, 6.07) is 5.04. The second-order valence-corrected chi connectivity index (χ2v) is 7.29. The Morgan fingerprint density at radius 1 is 1.50 bits per heavy atom. The molecule has 0 aliphatic carbocycles. The molecule has 2 N–H and O–H groups in total. The molecular weight excluding hydrogens is 368 g/mol. The van der Waals surface area contributed by atoms with Crippen LogP contribution in [0, 0.1) is 6.92 Å². The van der Waals surface area contributed by atoms with Crippen molar-refractivity contribution in [1.29, 1.82) is 0 Å². The third-order valence-corrected chi connectivity index (χ3v) is 5.88. The molecule has 0 aromatic heterocycles. The van der Waals surface area contributed by atoms with E-state index in [1.54, 1.807) is 18.2 Å². The van der Waals surface area contributed by atoms with E-state index in [4.69, 9.17) is 10.5 Å². The number of benzene rings is 1. The van der Waals surface area contributed by atoms with Crippen LogP contribution in [0.5, 0.6) is 0 Å². The maximum atomic E-state index is 12.5. The van der Waals surface area contributed by atoms with Gasteiger partial charge in [-0.1, -0.05) is 15.9 Å². The molecule has 1 atom stereocenters. The monoisotopic (exact) mass is 384 g/mol. The molecule has 1 aromatic rings. The molecule has 1 saturated heterocycles. The Kier molecular flexibility index (Phi) is 6.43. The first-order chi connectivity index (χ1) is 8.95. The Labute approximate surface area is 134 Å². The van der Waals surface area contributed by atoms with Gasteiger partial charge >= 0.3 is 0 Å². The lowest BCUT2D eigenvalue weighted by atomic mass is 10.2. The third kappa shape index (κ3) is 3.72.